The first-order valence-electron chi connectivity index (χ1n) is 8.15. The van der Waals surface area contributed by atoms with E-state index in [9.17, 15) is 4.79 Å². The van der Waals surface area contributed by atoms with Crippen molar-refractivity contribution < 1.29 is 9.53 Å². The van der Waals surface area contributed by atoms with Crippen molar-refractivity contribution in [1.29, 1.82) is 5.26 Å². The maximum atomic E-state index is 13.0. The largest absolute Gasteiger partial charge is 0.474 e. The van der Waals surface area contributed by atoms with Crippen molar-refractivity contribution in [3.63, 3.8) is 0 Å². The highest BCUT2D eigenvalue weighted by Crippen LogP contribution is 2.40. The fourth-order valence-corrected chi connectivity index (χ4v) is 2.87. The van der Waals surface area contributed by atoms with Gasteiger partial charge in [-0.2, -0.15) is 5.26 Å². The number of benzene rings is 2. The lowest BCUT2D eigenvalue weighted by Gasteiger charge is -2.34. The van der Waals surface area contributed by atoms with Crippen LogP contribution < -0.4 is 9.64 Å². The Hall–Kier alpha value is -2.80. The van der Waals surface area contributed by atoms with Gasteiger partial charge >= 0.3 is 0 Å². The first-order chi connectivity index (χ1) is 11.6. The number of nitriles is 1. The predicted octanol–water partition coefficient (Wildman–Crippen LogP) is 4.19. The molecule has 4 heteroatoms. The Kier molecular flexibility index (Phi) is 4.52. The summed E-state index contributed by atoms with van der Waals surface area (Å²) in [6.07, 6.45) is -0.374. The van der Waals surface area contributed by atoms with Gasteiger partial charge in [0.05, 0.1) is 18.2 Å². The van der Waals surface area contributed by atoms with Crippen molar-refractivity contribution in [2.45, 2.75) is 32.3 Å². The van der Waals surface area contributed by atoms with Crippen molar-refractivity contribution >= 4 is 11.6 Å². The number of fused-ring (bicyclic) bond motifs is 1. The van der Waals surface area contributed by atoms with Crippen molar-refractivity contribution in [3.8, 4) is 11.8 Å². The van der Waals surface area contributed by atoms with Crippen LogP contribution in [0.2, 0.25) is 0 Å². The lowest BCUT2D eigenvalue weighted by atomic mass is 10.00. The molecule has 0 saturated carbocycles. The van der Waals surface area contributed by atoms with E-state index in [2.05, 4.69) is 19.9 Å². The number of anilines is 1. The van der Waals surface area contributed by atoms with E-state index in [1.807, 2.05) is 48.5 Å². The molecule has 1 heterocycles. The van der Waals surface area contributed by atoms with Gasteiger partial charge in [0.25, 0.3) is 5.91 Å². The van der Waals surface area contributed by atoms with Crippen LogP contribution in [0.15, 0.2) is 48.5 Å². The third kappa shape index (κ3) is 2.98. The molecule has 0 aliphatic carbocycles. The minimum absolute atomic E-state index is 0.121. The summed E-state index contributed by atoms with van der Waals surface area (Å²) in [4.78, 5) is 14.7. The molecule has 0 bridgehead atoms. The SMILES string of the molecule is CC(C)c1ccc2c(c1)N(CCC#N)C(=O)C(c1ccccc1)O2. The van der Waals surface area contributed by atoms with Crippen LogP contribution in [0.25, 0.3) is 0 Å². The van der Waals surface area contributed by atoms with Gasteiger partial charge in [0.15, 0.2) is 0 Å². The quantitative estimate of drug-likeness (QED) is 0.848. The standard InChI is InChI=1S/C20H20N2O2/c1-14(2)16-9-10-18-17(13-16)22(12-6-11-21)20(23)19(24-18)15-7-4-3-5-8-15/h3-5,7-10,13-14,19H,6,12H2,1-2H3. The molecule has 1 aliphatic rings. The predicted molar refractivity (Wildman–Crippen MR) is 92.9 cm³/mol. The summed E-state index contributed by atoms with van der Waals surface area (Å²) in [5.41, 5.74) is 2.72. The molecule has 1 unspecified atom stereocenters. The Morgan fingerprint density at radius 1 is 1.21 bits per heavy atom. The normalized spacial score (nSPS) is 16.5. The molecule has 3 rings (SSSR count). The average Bonchev–Trinajstić information content (AvgIpc) is 2.60. The molecule has 0 fully saturated rings. The molecule has 2 aromatic rings. The third-order valence-electron chi connectivity index (χ3n) is 4.23. The first kappa shape index (κ1) is 16.1. The fraction of sp³-hybridized carbons (Fsp3) is 0.300. The lowest BCUT2D eigenvalue weighted by molar-refractivity contribution is -0.126. The minimum atomic E-state index is -0.665. The molecule has 1 aliphatic heterocycles. The van der Waals surface area contributed by atoms with Crippen molar-refractivity contribution in [3.05, 3.63) is 59.7 Å². The van der Waals surface area contributed by atoms with E-state index in [0.29, 0.717) is 24.6 Å². The zero-order valence-electron chi connectivity index (χ0n) is 13.9. The molecule has 1 amide bonds. The molecular formula is C20H20N2O2. The van der Waals surface area contributed by atoms with E-state index in [1.54, 1.807) is 4.90 Å². The van der Waals surface area contributed by atoms with E-state index in [4.69, 9.17) is 10.00 Å². The number of hydrogen-bond donors (Lipinski definition) is 0. The van der Waals surface area contributed by atoms with Crippen LogP contribution >= 0.6 is 0 Å². The molecule has 2 aromatic carbocycles. The van der Waals surface area contributed by atoms with E-state index < -0.39 is 6.10 Å². The second-order valence-corrected chi connectivity index (χ2v) is 6.19. The average molecular weight is 320 g/mol. The van der Waals surface area contributed by atoms with Crippen molar-refractivity contribution in [2.24, 2.45) is 0 Å². The topological polar surface area (TPSA) is 53.3 Å². The smallest absolute Gasteiger partial charge is 0.272 e. The number of rotatable bonds is 4. The molecule has 0 aromatic heterocycles. The van der Waals surface area contributed by atoms with Crippen LogP contribution in [-0.2, 0) is 4.79 Å². The maximum absolute atomic E-state index is 13.0. The monoisotopic (exact) mass is 320 g/mol. The molecule has 1 atom stereocenters. The molecule has 24 heavy (non-hydrogen) atoms. The molecular weight excluding hydrogens is 300 g/mol. The van der Waals surface area contributed by atoms with Crippen LogP contribution in [0.3, 0.4) is 0 Å². The Morgan fingerprint density at radius 3 is 2.62 bits per heavy atom. The summed E-state index contributed by atoms with van der Waals surface area (Å²) >= 11 is 0. The van der Waals surface area contributed by atoms with Gasteiger partial charge in [-0.3, -0.25) is 4.79 Å². The Bertz CT molecular complexity index is 778. The first-order valence-corrected chi connectivity index (χ1v) is 8.15. The second kappa shape index (κ2) is 6.76. The molecule has 122 valence electrons. The van der Waals surface area contributed by atoms with Gasteiger partial charge in [-0.15, -0.1) is 0 Å². The highest BCUT2D eigenvalue weighted by atomic mass is 16.5. The van der Waals surface area contributed by atoms with E-state index in [-0.39, 0.29) is 5.91 Å². The lowest BCUT2D eigenvalue weighted by Crippen LogP contribution is -2.41. The van der Waals surface area contributed by atoms with E-state index in [0.717, 1.165) is 16.8 Å². The van der Waals surface area contributed by atoms with Crippen LogP contribution in [0.4, 0.5) is 5.69 Å². The summed E-state index contributed by atoms with van der Waals surface area (Å²) in [6.45, 7) is 4.59. The Labute approximate surface area is 142 Å². The van der Waals surface area contributed by atoms with Gasteiger partial charge < -0.3 is 9.64 Å². The molecule has 0 saturated heterocycles. The summed E-state index contributed by atoms with van der Waals surface area (Å²) in [5.74, 6) is 0.922. The fourth-order valence-electron chi connectivity index (χ4n) is 2.87. The zero-order chi connectivity index (χ0) is 17.1. The van der Waals surface area contributed by atoms with Gasteiger partial charge in [0.2, 0.25) is 6.10 Å². The highest BCUT2D eigenvalue weighted by Gasteiger charge is 2.35. The molecule has 0 radical (unpaired) electrons. The molecule has 0 N–H and O–H groups in total. The summed E-state index contributed by atoms with van der Waals surface area (Å²) in [7, 11) is 0. The summed E-state index contributed by atoms with van der Waals surface area (Å²) in [5, 5.41) is 8.94. The van der Waals surface area contributed by atoms with Gasteiger partial charge in [-0.05, 0) is 23.6 Å². The number of hydrogen-bond acceptors (Lipinski definition) is 3. The van der Waals surface area contributed by atoms with E-state index >= 15 is 0 Å². The van der Waals surface area contributed by atoms with Crippen LogP contribution in [0, 0.1) is 11.3 Å². The van der Waals surface area contributed by atoms with Crippen LogP contribution in [0.5, 0.6) is 5.75 Å². The van der Waals surface area contributed by atoms with Gasteiger partial charge in [0, 0.05) is 12.1 Å². The number of carbonyl (C=O) groups is 1. The van der Waals surface area contributed by atoms with Crippen molar-refractivity contribution in [1.82, 2.24) is 0 Å². The third-order valence-corrected chi connectivity index (χ3v) is 4.23. The minimum Gasteiger partial charge on any atom is -0.474 e. The molecule has 0 spiro atoms. The van der Waals surface area contributed by atoms with Crippen LogP contribution in [0.1, 0.15) is 43.4 Å². The second-order valence-electron chi connectivity index (χ2n) is 6.19. The van der Waals surface area contributed by atoms with Crippen LogP contribution in [-0.4, -0.2) is 12.5 Å². The highest BCUT2D eigenvalue weighted by molar-refractivity contribution is 6.00. The van der Waals surface area contributed by atoms with Gasteiger partial charge in [0.1, 0.15) is 5.75 Å². The number of ether oxygens (including phenoxy) is 1. The maximum Gasteiger partial charge on any atom is 0.272 e. The Balaban J connectivity index is 2.03. The molecule has 4 nitrogen and oxygen atoms in total. The van der Waals surface area contributed by atoms with E-state index in [1.165, 1.54) is 0 Å². The van der Waals surface area contributed by atoms with Gasteiger partial charge in [-0.25, -0.2) is 0 Å². The number of amides is 1. The summed E-state index contributed by atoms with van der Waals surface area (Å²) in [6, 6.07) is 17.5. The Morgan fingerprint density at radius 2 is 1.96 bits per heavy atom. The number of nitrogens with zero attached hydrogens (tertiary/aromatic N) is 2. The number of carbonyl (C=O) groups excluding carboxylic acids is 1. The van der Waals surface area contributed by atoms with Crippen molar-refractivity contribution in [2.75, 3.05) is 11.4 Å². The van der Waals surface area contributed by atoms with Gasteiger partial charge in [-0.1, -0.05) is 50.2 Å². The summed E-state index contributed by atoms with van der Waals surface area (Å²) < 4.78 is 6.00. The zero-order valence-corrected chi connectivity index (χ0v) is 13.9.